The largest absolute Gasteiger partial charge is 0.423 e. The van der Waals surface area contributed by atoms with Crippen molar-refractivity contribution in [2.75, 3.05) is 0 Å². The van der Waals surface area contributed by atoms with Crippen LogP contribution in [0.1, 0.15) is 61.0 Å². The second-order valence-corrected chi connectivity index (χ2v) is 6.92. The van der Waals surface area contributed by atoms with Gasteiger partial charge in [-0.05, 0) is 53.3 Å². The Morgan fingerprint density at radius 3 is 2.14 bits per heavy atom. The highest BCUT2D eigenvalue weighted by atomic mass is 79.9. The van der Waals surface area contributed by atoms with Crippen molar-refractivity contribution in [1.29, 1.82) is 0 Å². The molecule has 0 fully saturated rings. The van der Waals surface area contributed by atoms with E-state index in [4.69, 9.17) is 4.74 Å². The molecule has 2 aromatic rings. The van der Waals surface area contributed by atoms with Gasteiger partial charge < -0.3 is 4.74 Å². The molecule has 22 heavy (non-hydrogen) atoms. The van der Waals surface area contributed by atoms with Gasteiger partial charge in [-0.25, -0.2) is 4.79 Å². The molecule has 0 bridgehead atoms. The highest BCUT2D eigenvalue weighted by Gasteiger charge is 2.14. The molecule has 2 nitrogen and oxygen atoms in total. The van der Waals surface area contributed by atoms with Crippen LogP contribution in [0.2, 0.25) is 0 Å². The van der Waals surface area contributed by atoms with Gasteiger partial charge in [0.15, 0.2) is 0 Å². The van der Waals surface area contributed by atoms with Crippen molar-refractivity contribution in [3.05, 3.63) is 63.6 Å². The molecule has 0 aliphatic carbocycles. The Hall–Kier alpha value is -1.61. The van der Waals surface area contributed by atoms with E-state index in [1.165, 1.54) is 5.56 Å². The topological polar surface area (TPSA) is 26.3 Å². The quantitative estimate of drug-likeness (QED) is 0.499. The highest BCUT2D eigenvalue weighted by Crippen LogP contribution is 2.30. The monoisotopic (exact) mass is 360 g/mol. The Kier molecular flexibility index (Phi) is 5.41. The summed E-state index contributed by atoms with van der Waals surface area (Å²) in [5, 5.41) is 0. The summed E-state index contributed by atoms with van der Waals surface area (Å²) in [6.07, 6.45) is 0. The second kappa shape index (κ2) is 7.10. The van der Waals surface area contributed by atoms with Gasteiger partial charge in [0.25, 0.3) is 0 Å². The Morgan fingerprint density at radius 1 is 0.955 bits per heavy atom. The average molecular weight is 361 g/mol. The van der Waals surface area contributed by atoms with E-state index in [0.29, 0.717) is 17.2 Å². The normalized spacial score (nSPS) is 11.0. The third-order valence-electron chi connectivity index (χ3n) is 3.61. The lowest BCUT2D eigenvalue weighted by Crippen LogP contribution is -2.10. The molecule has 0 spiro atoms. The minimum atomic E-state index is -0.320. The maximum atomic E-state index is 12.3. The fraction of sp³-hybridized carbons (Fsp3) is 0.316. The van der Waals surface area contributed by atoms with E-state index in [2.05, 4.69) is 43.6 Å². The van der Waals surface area contributed by atoms with Crippen molar-refractivity contribution in [1.82, 2.24) is 0 Å². The molecule has 0 N–H and O–H groups in total. The minimum Gasteiger partial charge on any atom is -0.423 e. The van der Waals surface area contributed by atoms with Gasteiger partial charge in [-0.1, -0.05) is 55.8 Å². The Labute approximate surface area is 140 Å². The van der Waals surface area contributed by atoms with Crippen LogP contribution < -0.4 is 4.74 Å². The number of halogens is 1. The first-order chi connectivity index (χ1) is 10.4. The first kappa shape index (κ1) is 16.8. The van der Waals surface area contributed by atoms with Crippen LogP contribution in [0.3, 0.4) is 0 Å². The zero-order valence-electron chi connectivity index (χ0n) is 13.4. The Balaban J connectivity index is 2.22. The summed E-state index contributed by atoms with van der Waals surface area (Å²) >= 11 is 3.46. The predicted molar refractivity (Wildman–Crippen MR) is 93.7 cm³/mol. The molecule has 0 aliphatic heterocycles. The number of rotatable bonds is 4. The van der Waals surface area contributed by atoms with E-state index in [1.807, 2.05) is 42.5 Å². The van der Waals surface area contributed by atoms with E-state index in [0.717, 1.165) is 10.0 Å². The van der Waals surface area contributed by atoms with Crippen molar-refractivity contribution in [3.63, 3.8) is 0 Å². The third-order valence-corrected chi connectivity index (χ3v) is 4.10. The van der Waals surface area contributed by atoms with Crippen LogP contribution in [0.5, 0.6) is 5.75 Å². The molecular formula is C19H21BrO2. The van der Waals surface area contributed by atoms with Gasteiger partial charge in [-0.3, -0.25) is 0 Å². The van der Waals surface area contributed by atoms with Gasteiger partial charge in [0, 0.05) is 4.47 Å². The smallest absolute Gasteiger partial charge is 0.343 e. The second-order valence-electron chi connectivity index (χ2n) is 6.00. The van der Waals surface area contributed by atoms with Crippen LogP contribution in [0.25, 0.3) is 0 Å². The van der Waals surface area contributed by atoms with Gasteiger partial charge in [0.2, 0.25) is 0 Å². The number of carbonyl (C=O) groups is 1. The fourth-order valence-corrected chi connectivity index (χ4v) is 2.61. The van der Waals surface area contributed by atoms with Gasteiger partial charge in [0.1, 0.15) is 5.75 Å². The van der Waals surface area contributed by atoms with Gasteiger partial charge in [0.05, 0.1) is 5.56 Å². The van der Waals surface area contributed by atoms with Gasteiger partial charge in [-0.15, -0.1) is 0 Å². The maximum absolute atomic E-state index is 12.3. The van der Waals surface area contributed by atoms with Crippen molar-refractivity contribution in [2.45, 2.75) is 39.5 Å². The van der Waals surface area contributed by atoms with Crippen molar-refractivity contribution in [3.8, 4) is 5.75 Å². The Morgan fingerprint density at radius 2 is 1.59 bits per heavy atom. The molecule has 0 unspecified atom stereocenters. The first-order valence-electron chi connectivity index (χ1n) is 7.50. The maximum Gasteiger partial charge on any atom is 0.343 e. The number of benzene rings is 2. The van der Waals surface area contributed by atoms with Gasteiger partial charge >= 0.3 is 5.97 Å². The molecule has 3 heteroatoms. The standard InChI is InChI=1S/C19H21BrO2/c1-12(2)14-5-7-15(8-6-14)19(21)22-18-10-9-16(20)11-17(18)13(3)4/h5-13H,1-4H3. The molecule has 0 heterocycles. The molecule has 0 saturated heterocycles. The molecule has 0 amide bonds. The van der Waals surface area contributed by atoms with Crippen molar-refractivity contribution < 1.29 is 9.53 Å². The number of hydrogen-bond acceptors (Lipinski definition) is 2. The highest BCUT2D eigenvalue weighted by molar-refractivity contribution is 9.10. The molecule has 0 aromatic heterocycles. The zero-order valence-corrected chi connectivity index (χ0v) is 15.0. The summed E-state index contributed by atoms with van der Waals surface area (Å²) in [4.78, 5) is 12.3. The van der Waals surface area contributed by atoms with Crippen LogP contribution >= 0.6 is 15.9 Å². The van der Waals surface area contributed by atoms with E-state index >= 15 is 0 Å². The summed E-state index contributed by atoms with van der Waals surface area (Å²) in [7, 11) is 0. The molecular weight excluding hydrogens is 340 g/mol. The summed E-state index contributed by atoms with van der Waals surface area (Å²) in [6.45, 7) is 8.42. The lowest BCUT2D eigenvalue weighted by atomic mass is 10.0. The zero-order chi connectivity index (χ0) is 16.3. The molecule has 0 aliphatic rings. The predicted octanol–water partition coefficient (Wildman–Crippen LogP) is 5.92. The van der Waals surface area contributed by atoms with Crippen molar-refractivity contribution >= 4 is 21.9 Å². The summed E-state index contributed by atoms with van der Waals surface area (Å²) < 4.78 is 6.57. The van der Waals surface area contributed by atoms with E-state index in [-0.39, 0.29) is 11.9 Å². The Bertz CT molecular complexity index is 658. The van der Waals surface area contributed by atoms with Crippen molar-refractivity contribution in [2.24, 2.45) is 0 Å². The van der Waals surface area contributed by atoms with E-state index < -0.39 is 0 Å². The van der Waals surface area contributed by atoms with E-state index in [9.17, 15) is 4.79 Å². The van der Waals surface area contributed by atoms with E-state index in [1.54, 1.807) is 0 Å². The molecule has 0 atom stereocenters. The van der Waals surface area contributed by atoms with Crippen LogP contribution in [-0.2, 0) is 0 Å². The SMILES string of the molecule is CC(C)c1ccc(C(=O)Oc2ccc(Br)cc2C(C)C)cc1. The molecule has 0 radical (unpaired) electrons. The fourth-order valence-electron chi connectivity index (χ4n) is 2.23. The summed E-state index contributed by atoms with van der Waals surface area (Å²) in [5.74, 6) is 1.03. The third kappa shape index (κ3) is 3.98. The average Bonchev–Trinajstić information content (AvgIpc) is 2.48. The van der Waals surface area contributed by atoms with Crippen LogP contribution in [-0.4, -0.2) is 5.97 Å². The van der Waals surface area contributed by atoms with Gasteiger partial charge in [-0.2, -0.15) is 0 Å². The number of hydrogen-bond donors (Lipinski definition) is 0. The van der Waals surface area contributed by atoms with Crippen LogP contribution in [0.15, 0.2) is 46.9 Å². The molecule has 116 valence electrons. The molecule has 2 rings (SSSR count). The summed E-state index contributed by atoms with van der Waals surface area (Å²) in [6, 6.07) is 13.3. The van der Waals surface area contributed by atoms with Crippen LogP contribution in [0, 0.1) is 0 Å². The number of esters is 1. The lowest BCUT2D eigenvalue weighted by molar-refractivity contribution is 0.0733. The lowest BCUT2D eigenvalue weighted by Gasteiger charge is -2.13. The number of ether oxygens (including phenoxy) is 1. The minimum absolute atomic E-state index is 0.281. The molecule has 2 aromatic carbocycles. The van der Waals surface area contributed by atoms with Crippen LogP contribution in [0.4, 0.5) is 0 Å². The first-order valence-corrected chi connectivity index (χ1v) is 8.29. The molecule has 0 saturated carbocycles. The number of carbonyl (C=O) groups excluding carboxylic acids is 1. The summed E-state index contributed by atoms with van der Waals surface area (Å²) in [5.41, 5.74) is 2.80.